The van der Waals surface area contributed by atoms with Gasteiger partial charge in [0.2, 0.25) is 5.91 Å². The summed E-state index contributed by atoms with van der Waals surface area (Å²) in [5.74, 6) is 0.951. The SMILES string of the molecule is COc1cc(C(C)C)ccc1CNCC(N)=O. The van der Waals surface area contributed by atoms with Gasteiger partial charge in [-0.15, -0.1) is 0 Å². The van der Waals surface area contributed by atoms with Crippen molar-refractivity contribution in [1.82, 2.24) is 5.32 Å². The van der Waals surface area contributed by atoms with Gasteiger partial charge in [0.1, 0.15) is 5.75 Å². The summed E-state index contributed by atoms with van der Waals surface area (Å²) in [7, 11) is 1.65. The Balaban J connectivity index is 2.74. The van der Waals surface area contributed by atoms with Crippen molar-refractivity contribution in [2.75, 3.05) is 13.7 Å². The summed E-state index contributed by atoms with van der Waals surface area (Å²) in [6, 6.07) is 6.13. The van der Waals surface area contributed by atoms with E-state index in [0.29, 0.717) is 12.5 Å². The number of nitrogens with one attached hydrogen (secondary N) is 1. The number of carbonyl (C=O) groups excluding carboxylic acids is 1. The zero-order chi connectivity index (χ0) is 12.8. The van der Waals surface area contributed by atoms with Gasteiger partial charge in [0, 0.05) is 12.1 Å². The maximum absolute atomic E-state index is 10.6. The van der Waals surface area contributed by atoms with Crippen molar-refractivity contribution in [3.63, 3.8) is 0 Å². The van der Waals surface area contributed by atoms with Crippen molar-refractivity contribution in [2.45, 2.75) is 26.3 Å². The fourth-order valence-corrected chi connectivity index (χ4v) is 1.59. The Morgan fingerprint density at radius 1 is 1.47 bits per heavy atom. The third kappa shape index (κ3) is 4.07. The molecule has 0 spiro atoms. The molecule has 0 aliphatic carbocycles. The van der Waals surface area contributed by atoms with Crippen molar-refractivity contribution in [3.05, 3.63) is 29.3 Å². The van der Waals surface area contributed by atoms with Crippen LogP contribution in [0.4, 0.5) is 0 Å². The van der Waals surface area contributed by atoms with E-state index in [4.69, 9.17) is 10.5 Å². The number of benzene rings is 1. The molecule has 94 valence electrons. The molecule has 0 fully saturated rings. The monoisotopic (exact) mass is 236 g/mol. The van der Waals surface area contributed by atoms with E-state index in [1.807, 2.05) is 12.1 Å². The Morgan fingerprint density at radius 3 is 2.71 bits per heavy atom. The van der Waals surface area contributed by atoms with Crippen LogP contribution in [0.15, 0.2) is 18.2 Å². The predicted octanol–water partition coefficient (Wildman–Crippen LogP) is 1.39. The molecule has 0 atom stereocenters. The molecular formula is C13H20N2O2. The molecule has 0 unspecified atom stereocenters. The molecule has 0 bridgehead atoms. The van der Waals surface area contributed by atoms with E-state index in [2.05, 4.69) is 25.2 Å². The minimum Gasteiger partial charge on any atom is -0.496 e. The second kappa shape index (κ2) is 6.25. The summed E-state index contributed by atoms with van der Waals surface area (Å²) in [5.41, 5.74) is 7.32. The average molecular weight is 236 g/mol. The van der Waals surface area contributed by atoms with Gasteiger partial charge in [-0.3, -0.25) is 4.79 Å². The first-order valence-corrected chi connectivity index (χ1v) is 5.70. The van der Waals surface area contributed by atoms with Gasteiger partial charge in [0.25, 0.3) is 0 Å². The van der Waals surface area contributed by atoms with Crippen molar-refractivity contribution >= 4 is 5.91 Å². The van der Waals surface area contributed by atoms with Gasteiger partial charge in [-0.2, -0.15) is 0 Å². The van der Waals surface area contributed by atoms with Crippen LogP contribution in [-0.4, -0.2) is 19.6 Å². The highest BCUT2D eigenvalue weighted by atomic mass is 16.5. The van der Waals surface area contributed by atoms with Crippen molar-refractivity contribution in [3.8, 4) is 5.75 Å². The number of amides is 1. The normalized spacial score (nSPS) is 10.6. The molecule has 0 heterocycles. The second-order valence-corrected chi connectivity index (χ2v) is 4.30. The van der Waals surface area contributed by atoms with E-state index in [1.165, 1.54) is 5.56 Å². The van der Waals surface area contributed by atoms with Crippen LogP contribution in [0.3, 0.4) is 0 Å². The highest BCUT2D eigenvalue weighted by Crippen LogP contribution is 2.24. The molecule has 3 N–H and O–H groups in total. The number of carbonyl (C=O) groups is 1. The Kier molecular flexibility index (Phi) is 4.97. The average Bonchev–Trinajstić information content (AvgIpc) is 2.28. The summed E-state index contributed by atoms with van der Waals surface area (Å²) in [6.45, 7) is 5.03. The van der Waals surface area contributed by atoms with Crippen LogP contribution in [0.1, 0.15) is 30.9 Å². The van der Waals surface area contributed by atoms with Crippen LogP contribution in [0.25, 0.3) is 0 Å². The van der Waals surface area contributed by atoms with Crippen LogP contribution in [0.5, 0.6) is 5.75 Å². The minimum absolute atomic E-state index is 0.176. The molecular weight excluding hydrogens is 216 g/mol. The first-order valence-electron chi connectivity index (χ1n) is 5.70. The molecule has 4 heteroatoms. The quantitative estimate of drug-likeness (QED) is 0.784. The van der Waals surface area contributed by atoms with Crippen molar-refractivity contribution in [1.29, 1.82) is 0 Å². The maximum Gasteiger partial charge on any atom is 0.231 e. The Hall–Kier alpha value is -1.55. The van der Waals surface area contributed by atoms with Gasteiger partial charge in [-0.1, -0.05) is 26.0 Å². The number of methoxy groups -OCH3 is 1. The highest BCUT2D eigenvalue weighted by Gasteiger charge is 2.06. The van der Waals surface area contributed by atoms with Gasteiger partial charge < -0.3 is 15.8 Å². The second-order valence-electron chi connectivity index (χ2n) is 4.30. The number of primary amides is 1. The first kappa shape index (κ1) is 13.5. The smallest absolute Gasteiger partial charge is 0.231 e. The van der Waals surface area contributed by atoms with Crippen LogP contribution in [-0.2, 0) is 11.3 Å². The largest absolute Gasteiger partial charge is 0.496 e. The zero-order valence-corrected chi connectivity index (χ0v) is 10.6. The van der Waals surface area contributed by atoms with E-state index >= 15 is 0 Å². The zero-order valence-electron chi connectivity index (χ0n) is 10.6. The third-order valence-electron chi connectivity index (χ3n) is 2.59. The standard InChI is InChI=1S/C13H20N2O2/c1-9(2)10-4-5-11(12(6-10)17-3)7-15-8-13(14)16/h4-6,9,15H,7-8H2,1-3H3,(H2,14,16). The minimum atomic E-state index is -0.359. The molecule has 1 amide bonds. The molecule has 0 aliphatic rings. The molecule has 0 radical (unpaired) electrons. The molecule has 0 aliphatic heterocycles. The molecule has 17 heavy (non-hydrogen) atoms. The third-order valence-corrected chi connectivity index (χ3v) is 2.59. The molecule has 1 aromatic rings. The fourth-order valence-electron chi connectivity index (χ4n) is 1.59. The Bertz CT molecular complexity index is 389. The molecule has 4 nitrogen and oxygen atoms in total. The van der Waals surface area contributed by atoms with E-state index < -0.39 is 0 Å². The van der Waals surface area contributed by atoms with E-state index in [9.17, 15) is 4.79 Å². The predicted molar refractivity (Wildman–Crippen MR) is 68.0 cm³/mol. The number of ether oxygens (including phenoxy) is 1. The van der Waals surface area contributed by atoms with Gasteiger partial charge in [-0.25, -0.2) is 0 Å². The van der Waals surface area contributed by atoms with Crippen LogP contribution >= 0.6 is 0 Å². The lowest BCUT2D eigenvalue weighted by atomic mass is 10.0. The maximum atomic E-state index is 10.6. The lowest BCUT2D eigenvalue weighted by molar-refractivity contribution is -0.117. The fraction of sp³-hybridized carbons (Fsp3) is 0.462. The van der Waals surface area contributed by atoms with Crippen LogP contribution < -0.4 is 15.8 Å². The number of hydrogen-bond acceptors (Lipinski definition) is 3. The number of rotatable bonds is 6. The summed E-state index contributed by atoms with van der Waals surface area (Å²) in [4.78, 5) is 10.6. The van der Waals surface area contributed by atoms with Crippen LogP contribution in [0, 0.1) is 0 Å². The van der Waals surface area contributed by atoms with E-state index in [-0.39, 0.29) is 12.5 Å². The topological polar surface area (TPSA) is 64.3 Å². The van der Waals surface area contributed by atoms with Gasteiger partial charge >= 0.3 is 0 Å². The molecule has 1 rings (SSSR count). The number of nitrogens with two attached hydrogens (primary N) is 1. The van der Waals surface area contributed by atoms with E-state index in [0.717, 1.165) is 11.3 Å². The highest BCUT2D eigenvalue weighted by molar-refractivity contribution is 5.75. The molecule has 1 aromatic carbocycles. The summed E-state index contributed by atoms with van der Waals surface area (Å²) in [6.07, 6.45) is 0. The molecule has 0 saturated carbocycles. The first-order chi connectivity index (χ1) is 8.04. The van der Waals surface area contributed by atoms with Crippen molar-refractivity contribution < 1.29 is 9.53 Å². The van der Waals surface area contributed by atoms with Gasteiger partial charge in [0.15, 0.2) is 0 Å². The summed E-state index contributed by atoms with van der Waals surface area (Å²) < 4.78 is 5.34. The Labute approximate surface area is 102 Å². The summed E-state index contributed by atoms with van der Waals surface area (Å²) in [5, 5.41) is 2.97. The van der Waals surface area contributed by atoms with E-state index in [1.54, 1.807) is 7.11 Å². The molecule has 0 aromatic heterocycles. The lowest BCUT2D eigenvalue weighted by Gasteiger charge is -2.12. The van der Waals surface area contributed by atoms with Crippen LogP contribution in [0.2, 0.25) is 0 Å². The van der Waals surface area contributed by atoms with Crippen molar-refractivity contribution in [2.24, 2.45) is 5.73 Å². The van der Waals surface area contributed by atoms with Gasteiger partial charge in [-0.05, 0) is 17.5 Å². The van der Waals surface area contributed by atoms with Gasteiger partial charge in [0.05, 0.1) is 13.7 Å². The molecule has 0 saturated heterocycles. The number of hydrogen-bond donors (Lipinski definition) is 2. The lowest BCUT2D eigenvalue weighted by Crippen LogP contribution is -2.28. The summed E-state index contributed by atoms with van der Waals surface area (Å²) >= 11 is 0. The Morgan fingerprint density at radius 2 is 2.18 bits per heavy atom.